The summed E-state index contributed by atoms with van der Waals surface area (Å²) in [5.41, 5.74) is 8.73. The normalized spacial score (nSPS) is 13.9. The molecule has 1 saturated heterocycles. The highest BCUT2D eigenvalue weighted by Crippen LogP contribution is 2.28. The lowest BCUT2D eigenvalue weighted by Crippen LogP contribution is -2.36. The number of aromatic nitrogens is 1. The zero-order valence-electron chi connectivity index (χ0n) is 17.4. The van der Waals surface area contributed by atoms with Crippen LogP contribution in [0.1, 0.15) is 22.8 Å². The summed E-state index contributed by atoms with van der Waals surface area (Å²) >= 11 is 0. The van der Waals surface area contributed by atoms with Crippen LogP contribution in [0.25, 0.3) is 10.9 Å². The molecule has 8 nitrogen and oxygen atoms in total. The number of aromatic amines is 1. The number of fused-ring (bicyclic) bond motifs is 1. The number of carbonyl (C=O) groups is 1. The fraction of sp³-hybridized carbons (Fsp3) is 0.304. The summed E-state index contributed by atoms with van der Waals surface area (Å²) in [5, 5.41) is 4.24. The second-order valence-electron chi connectivity index (χ2n) is 7.35. The van der Waals surface area contributed by atoms with Crippen molar-refractivity contribution in [3.63, 3.8) is 0 Å². The van der Waals surface area contributed by atoms with Gasteiger partial charge in [0, 0.05) is 36.8 Å². The first kappa shape index (κ1) is 20.7. The van der Waals surface area contributed by atoms with E-state index in [9.17, 15) is 9.59 Å². The molecular formula is C23H26N4O4. The number of rotatable bonds is 7. The highest BCUT2D eigenvalue weighted by Gasteiger charge is 2.17. The van der Waals surface area contributed by atoms with Crippen LogP contribution < -0.4 is 26.2 Å². The van der Waals surface area contributed by atoms with Gasteiger partial charge in [-0.1, -0.05) is 0 Å². The monoisotopic (exact) mass is 422 g/mol. The molecule has 2 heterocycles. The number of nitrogens with one attached hydrogen (secondary N) is 2. The summed E-state index contributed by atoms with van der Waals surface area (Å²) in [4.78, 5) is 29.4. The van der Waals surface area contributed by atoms with E-state index in [1.807, 2.05) is 37.3 Å². The second kappa shape index (κ2) is 9.09. The van der Waals surface area contributed by atoms with Crippen molar-refractivity contribution in [3.05, 3.63) is 63.9 Å². The summed E-state index contributed by atoms with van der Waals surface area (Å²) in [6.45, 7) is 5.58. The predicted octanol–water partition coefficient (Wildman–Crippen LogP) is 2.47. The number of ether oxygens (including phenoxy) is 2. The number of nitrogens with two attached hydrogens (primary N) is 1. The van der Waals surface area contributed by atoms with E-state index in [2.05, 4.69) is 15.2 Å². The average Bonchev–Trinajstić information content (AvgIpc) is 2.78. The Labute approximate surface area is 180 Å². The van der Waals surface area contributed by atoms with Gasteiger partial charge in [-0.05, 0) is 48.7 Å². The van der Waals surface area contributed by atoms with Crippen molar-refractivity contribution in [2.75, 3.05) is 43.1 Å². The van der Waals surface area contributed by atoms with Gasteiger partial charge in [0.05, 0.1) is 36.7 Å². The Morgan fingerprint density at radius 3 is 2.74 bits per heavy atom. The Morgan fingerprint density at radius 2 is 2.00 bits per heavy atom. The van der Waals surface area contributed by atoms with Gasteiger partial charge >= 0.3 is 0 Å². The lowest BCUT2D eigenvalue weighted by molar-refractivity contribution is 0.1000. The predicted molar refractivity (Wildman–Crippen MR) is 121 cm³/mol. The minimum Gasteiger partial charge on any atom is -0.494 e. The first-order valence-corrected chi connectivity index (χ1v) is 10.3. The third-order valence-electron chi connectivity index (χ3n) is 5.31. The molecule has 4 rings (SSSR count). The fourth-order valence-corrected chi connectivity index (χ4v) is 3.71. The molecule has 1 fully saturated rings. The van der Waals surface area contributed by atoms with Crippen LogP contribution in [0.2, 0.25) is 0 Å². The molecule has 0 radical (unpaired) electrons. The molecular weight excluding hydrogens is 396 g/mol. The smallest absolute Gasteiger partial charge is 0.253 e. The lowest BCUT2D eigenvalue weighted by atomic mass is 10.1. The maximum absolute atomic E-state index is 12.6. The number of nitrogens with zero attached hydrogens (tertiary/aromatic N) is 1. The minimum atomic E-state index is -0.495. The molecule has 1 aliphatic heterocycles. The third-order valence-corrected chi connectivity index (χ3v) is 5.31. The molecule has 0 atom stereocenters. The molecule has 1 amide bonds. The van der Waals surface area contributed by atoms with Crippen molar-refractivity contribution >= 4 is 28.2 Å². The zero-order chi connectivity index (χ0) is 21.8. The summed E-state index contributed by atoms with van der Waals surface area (Å²) < 4.78 is 10.9. The van der Waals surface area contributed by atoms with E-state index in [1.165, 1.54) is 0 Å². The van der Waals surface area contributed by atoms with Crippen LogP contribution >= 0.6 is 0 Å². The molecule has 0 aliphatic carbocycles. The Kier molecular flexibility index (Phi) is 6.08. The molecule has 1 aliphatic rings. The van der Waals surface area contributed by atoms with Crippen LogP contribution in [-0.2, 0) is 11.3 Å². The van der Waals surface area contributed by atoms with Crippen LogP contribution in [0.5, 0.6) is 5.75 Å². The molecule has 3 aromatic rings. The van der Waals surface area contributed by atoms with Gasteiger partial charge in [0.25, 0.3) is 5.56 Å². The Bertz CT molecular complexity index is 1150. The topological polar surface area (TPSA) is 110 Å². The molecule has 0 spiro atoms. The van der Waals surface area contributed by atoms with Crippen LogP contribution in [0.3, 0.4) is 0 Å². The van der Waals surface area contributed by atoms with E-state index in [0.717, 1.165) is 41.1 Å². The van der Waals surface area contributed by atoms with E-state index in [4.69, 9.17) is 15.2 Å². The molecule has 2 aromatic carbocycles. The van der Waals surface area contributed by atoms with E-state index >= 15 is 0 Å². The number of morpholine rings is 1. The quantitative estimate of drug-likeness (QED) is 0.540. The van der Waals surface area contributed by atoms with Crippen molar-refractivity contribution < 1.29 is 14.3 Å². The highest BCUT2D eigenvalue weighted by molar-refractivity contribution is 5.95. The Morgan fingerprint density at radius 1 is 1.19 bits per heavy atom. The van der Waals surface area contributed by atoms with E-state index in [0.29, 0.717) is 37.5 Å². The van der Waals surface area contributed by atoms with Gasteiger partial charge < -0.3 is 30.4 Å². The van der Waals surface area contributed by atoms with Gasteiger partial charge in [-0.3, -0.25) is 9.59 Å². The fourth-order valence-electron chi connectivity index (χ4n) is 3.71. The number of benzene rings is 2. The number of primary amides is 1. The Balaban J connectivity index is 1.61. The SMILES string of the molecule is CCOc1ccc2cc(CNc3cc(C(N)=O)ccc3N3CCOCC3)c(=O)[nH]c2c1. The van der Waals surface area contributed by atoms with E-state index < -0.39 is 5.91 Å². The largest absolute Gasteiger partial charge is 0.494 e. The van der Waals surface area contributed by atoms with Gasteiger partial charge in [0.15, 0.2) is 0 Å². The first-order valence-electron chi connectivity index (χ1n) is 10.3. The number of anilines is 2. The van der Waals surface area contributed by atoms with Gasteiger partial charge in [-0.15, -0.1) is 0 Å². The minimum absolute atomic E-state index is 0.173. The highest BCUT2D eigenvalue weighted by atomic mass is 16.5. The van der Waals surface area contributed by atoms with Gasteiger partial charge in [-0.2, -0.15) is 0 Å². The van der Waals surface area contributed by atoms with Gasteiger partial charge in [0.2, 0.25) is 5.91 Å². The summed E-state index contributed by atoms with van der Waals surface area (Å²) in [6, 6.07) is 12.8. The number of carbonyl (C=O) groups excluding carboxylic acids is 1. The van der Waals surface area contributed by atoms with Crippen LogP contribution in [0, 0.1) is 0 Å². The first-order chi connectivity index (χ1) is 15.0. The lowest BCUT2D eigenvalue weighted by Gasteiger charge is -2.31. The molecule has 0 saturated carbocycles. The molecule has 4 N–H and O–H groups in total. The van der Waals surface area contributed by atoms with Crippen LogP contribution in [0.4, 0.5) is 11.4 Å². The molecule has 31 heavy (non-hydrogen) atoms. The summed E-state index contributed by atoms with van der Waals surface area (Å²) in [6.07, 6.45) is 0. The molecule has 0 unspecified atom stereocenters. The molecule has 1 aromatic heterocycles. The van der Waals surface area contributed by atoms with Gasteiger partial charge in [-0.25, -0.2) is 0 Å². The molecule has 8 heteroatoms. The number of H-pyrrole nitrogens is 1. The average molecular weight is 422 g/mol. The van der Waals surface area contributed by atoms with Crippen molar-refractivity contribution in [3.8, 4) is 5.75 Å². The van der Waals surface area contributed by atoms with E-state index in [-0.39, 0.29) is 5.56 Å². The standard InChI is InChI=1S/C23H26N4O4/c1-2-31-18-5-3-15-11-17(23(29)26-19(15)13-18)14-25-20-12-16(22(24)28)4-6-21(20)27-7-9-30-10-8-27/h3-6,11-13,25H,2,7-10,14H2,1H3,(H2,24,28)(H,26,29). The number of pyridine rings is 1. The number of hydrogen-bond acceptors (Lipinski definition) is 6. The van der Waals surface area contributed by atoms with Crippen molar-refractivity contribution in [2.45, 2.75) is 13.5 Å². The molecule has 0 bridgehead atoms. The zero-order valence-corrected chi connectivity index (χ0v) is 17.4. The van der Waals surface area contributed by atoms with Crippen molar-refractivity contribution in [2.24, 2.45) is 5.73 Å². The second-order valence-corrected chi connectivity index (χ2v) is 7.35. The summed E-state index contributed by atoms with van der Waals surface area (Å²) in [7, 11) is 0. The number of hydrogen-bond donors (Lipinski definition) is 3. The van der Waals surface area contributed by atoms with E-state index in [1.54, 1.807) is 12.1 Å². The van der Waals surface area contributed by atoms with Crippen LogP contribution in [0.15, 0.2) is 47.3 Å². The van der Waals surface area contributed by atoms with Gasteiger partial charge in [0.1, 0.15) is 5.75 Å². The maximum Gasteiger partial charge on any atom is 0.253 e. The number of amides is 1. The Hall–Kier alpha value is -3.52. The van der Waals surface area contributed by atoms with Crippen LogP contribution in [-0.4, -0.2) is 43.8 Å². The summed E-state index contributed by atoms with van der Waals surface area (Å²) in [5.74, 6) is 0.222. The maximum atomic E-state index is 12.6. The molecule has 162 valence electrons. The van der Waals surface area contributed by atoms with Crippen molar-refractivity contribution in [1.29, 1.82) is 0 Å². The third kappa shape index (κ3) is 4.64. The van der Waals surface area contributed by atoms with Crippen molar-refractivity contribution in [1.82, 2.24) is 4.98 Å².